The van der Waals surface area contributed by atoms with Gasteiger partial charge in [0.15, 0.2) is 0 Å². The molecule has 1 N–H and O–H groups in total. The molecule has 1 fully saturated rings. The number of nitrogens with one attached hydrogen (secondary N) is 1. The summed E-state index contributed by atoms with van der Waals surface area (Å²) in [6.07, 6.45) is 2.24. The molecule has 1 saturated heterocycles. The highest BCUT2D eigenvalue weighted by molar-refractivity contribution is 7.92. The molecule has 1 heterocycles. The van der Waals surface area contributed by atoms with Gasteiger partial charge >= 0.3 is 0 Å². The fourth-order valence-corrected chi connectivity index (χ4v) is 4.28. The second-order valence-corrected chi connectivity index (χ2v) is 8.24. The molecule has 3 rings (SSSR count). The van der Waals surface area contributed by atoms with Gasteiger partial charge in [-0.3, -0.25) is 4.72 Å². The number of rotatable bonds is 5. The molecule has 0 aliphatic carbocycles. The number of nitrogens with zero attached hydrogens (tertiary/aromatic N) is 1. The Bertz CT molecular complexity index is 867. The van der Waals surface area contributed by atoms with Crippen LogP contribution in [0.1, 0.15) is 12.8 Å². The maximum Gasteiger partial charge on any atom is 0.261 e. The van der Waals surface area contributed by atoms with Crippen LogP contribution < -0.4 is 9.62 Å². The first-order chi connectivity index (χ1) is 12.4. The van der Waals surface area contributed by atoms with Crippen molar-refractivity contribution in [2.45, 2.75) is 23.8 Å². The molecule has 0 bridgehead atoms. The van der Waals surface area contributed by atoms with E-state index in [9.17, 15) is 12.8 Å². The SMILES string of the molecule is COC1CCN(c2ccc(NS(=O)(=O)c3ccc(F)c(Cl)c3)cc2)CC1. The Morgan fingerprint density at radius 1 is 1.15 bits per heavy atom. The van der Waals surface area contributed by atoms with Crippen molar-refractivity contribution >= 4 is 33.0 Å². The van der Waals surface area contributed by atoms with E-state index in [-0.39, 0.29) is 9.92 Å². The summed E-state index contributed by atoms with van der Waals surface area (Å²) in [4.78, 5) is 2.16. The predicted molar refractivity (Wildman–Crippen MR) is 101 cm³/mol. The minimum absolute atomic E-state index is 0.0883. The van der Waals surface area contributed by atoms with Gasteiger partial charge in [0.1, 0.15) is 5.82 Å². The molecule has 0 amide bonds. The van der Waals surface area contributed by atoms with Crippen LogP contribution in [0.5, 0.6) is 0 Å². The fourth-order valence-electron chi connectivity index (χ4n) is 2.95. The quantitative estimate of drug-likeness (QED) is 0.829. The van der Waals surface area contributed by atoms with E-state index in [4.69, 9.17) is 16.3 Å². The molecule has 8 heteroatoms. The molecule has 0 aromatic heterocycles. The van der Waals surface area contributed by atoms with Crippen LogP contribution in [0.4, 0.5) is 15.8 Å². The zero-order valence-electron chi connectivity index (χ0n) is 14.3. The maximum absolute atomic E-state index is 13.2. The molecule has 26 heavy (non-hydrogen) atoms. The van der Waals surface area contributed by atoms with Crippen LogP contribution in [0, 0.1) is 5.82 Å². The minimum atomic E-state index is -3.83. The van der Waals surface area contributed by atoms with E-state index in [1.165, 1.54) is 6.07 Å². The first kappa shape index (κ1) is 18.9. The Morgan fingerprint density at radius 3 is 2.38 bits per heavy atom. The number of methoxy groups -OCH3 is 1. The average molecular weight is 399 g/mol. The van der Waals surface area contributed by atoms with Crippen LogP contribution in [0.2, 0.25) is 5.02 Å². The summed E-state index contributed by atoms with van der Waals surface area (Å²) in [7, 11) is -2.10. The standard InChI is InChI=1S/C18H20ClFN2O3S/c1-25-15-8-10-22(11-9-15)14-4-2-13(3-5-14)21-26(23,24)16-6-7-18(20)17(19)12-16/h2-7,12,15,21H,8-11H2,1H3. The molecule has 2 aromatic rings. The Morgan fingerprint density at radius 2 is 1.81 bits per heavy atom. The van der Waals surface area contributed by atoms with Crippen molar-refractivity contribution in [3.63, 3.8) is 0 Å². The van der Waals surface area contributed by atoms with E-state index in [1.807, 2.05) is 12.1 Å². The number of halogens is 2. The van der Waals surface area contributed by atoms with Gasteiger partial charge in [-0.1, -0.05) is 11.6 Å². The number of hydrogen-bond donors (Lipinski definition) is 1. The monoisotopic (exact) mass is 398 g/mol. The molecule has 140 valence electrons. The van der Waals surface area contributed by atoms with Gasteiger partial charge < -0.3 is 9.64 Å². The van der Waals surface area contributed by atoms with E-state index in [1.54, 1.807) is 19.2 Å². The lowest BCUT2D eigenvalue weighted by molar-refractivity contribution is 0.0819. The lowest BCUT2D eigenvalue weighted by Crippen LogP contribution is -2.36. The van der Waals surface area contributed by atoms with Crippen molar-refractivity contribution in [3.8, 4) is 0 Å². The summed E-state index contributed by atoms with van der Waals surface area (Å²) in [5.41, 5.74) is 1.47. The third-order valence-electron chi connectivity index (χ3n) is 4.46. The number of ether oxygens (including phenoxy) is 1. The summed E-state index contributed by atoms with van der Waals surface area (Å²) < 4.78 is 45.9. The summed E-state index contributed by atoms with van der Waals surface area (Å²) in [6.45, 7) is 1.80. The summed E-state index contributed by atoms with van der Waals surface area (Å²) >= 11 is 5.67. The van der Waals surface area contributed by atoms with Gasteiger partial charge in [-0.05, 0) is 55.3 Å². The number of hydrogen-bond acceptors (Lipinski definition) is 4. The maximum atomic E-state index is 13.2. The first-order valence-electron chi connectivity index (χ1n) is 8.25. The van der Waals surface area contributed by atoms with Crippen LogP contribution in [0.3, 0.4) is 0 Å². The van der Waals surface area contributed by atoms with Crippen LogP contribution in [0.15, 0.2) is 47.4 Å². The van der Waals surface area contributed by atoms with E-state index >= 15 is 0 Å². The molecule has 0 spiro atoms. The van der Waals surface area contributed by atoms with E-state index in [0.29, 0.717) is 11.8 Å². The van der Waals surface area contributed by atoms with E-state index in [0.717, 1.165) is 43.8 Å². The molecular weight excluding hydrogens is 379 g/mol. The molecule has 0 saturated carbocycles. The van der Waals surface area contributed by atoms with Gasteiger partial charge in [0.05, 0.1) is 16.0 Å². The van der Waals surface area contributed by atoms with Gasteiger partial charge in [0.25, 0.3) is 10.0 Å². The lowest BCUT2D eigenvalue weighted by Gasteiger charge is -2.33. The highest BCUT2D eigenvalue weighted by atomic mass is 35.5. The second kappa shape index (κ2) is 7.82. The Balaban J connectivity index is 1.70. The molecule has 1 aliphatic heterocycles. The fraction of sp³-hybridized carbons (Fsp3) is 0.333. The predicted octanol–water partition coefficient (Wildman–Crippen LogP) is 3.90. The smallest absolute Gasteiger partial charge is 0.261 e. The van der Waals surface area contributed by atoms with Crippen molar-refractivity contribution in [2.75, 3.05) is 29.8 Å². The molecule has 0 radical (unpaired) electrons. The number of sulfonamides is 1. The number of piperidine rings is 1. The van der Waals surface area contributed by atoms with Crippen molar-refractivity contribution in [2.24, 2.45) is 0 Å². The van der Waals surface area contributed by atoms with Crippen LogP contribution in [-0.2, 0) is 14.8 Å². The average Bonchev–Trinajstić information content (AvgIpc) is 2.64. The Labute approximate surface area is 157 Å². The van der Waals surface area contributed by atoms with Crippen molar-refractivity contribution in [1.82, 2.24) is 0 Å². The molecule has 0 unspecified atom stereocenters. The second-order valence-electron chi connectivity index (χ2n) is 6.15. The van der Waals surface area contributed by atoms with Crippen molar-refractivity contribution < 1.29 is 17.5 Å². The highest BCUT2D eigenvalue weighted by Gasteiger charge is 2.19. The highest BCUT2D eigenvalue weighted by Crippen LogP contribution is 2.25. The van der Waals surface area contributed by atoms with Crippen LogP contribution in [0.25, 0.3) is 0 Å². The van der Waals surface area contributed by atoms with Gasteiger partial charge in [0, 0.05) is 31.6 Å². The summed E-state index contributed by atoms with van der Waals surface area (Å²) in [6, 6.07) is 10.5. The zero-order valence-corrected chi connectivity index (χ0v) is 15.9. The molecule has 2 aromatic carbocycles. The number of benzene rings is 2. The third-order valence-corrected chi connectivity index (χ3v) is 6.13. The van der Waals surface area contributed by atoms with Gasteiger partial charge in [-0.2, -0.15) is 0 Å². The zero-order chi connectivity index (χ0) is 18.7. The van der Waals surface area contributed by atoms with E-state index < -0.39 is 15.8 Å². The number of anilines is 2. The van der Waals surface area contributed by atoms with Gasteiger partial charge in [-0.25, -0.2) is 12.8 Å². The van der Waals surface area contributed by atoms with Crippen LogP contribution in [-0.4, -0.2) is 34.7 Å². The van der Waals surface area contributed by atoms with Crippen LogP contribution >= 0.6 is 11.6 Å². The van der Waals surface area contributed by atoms with Crippen molar-refractivity contribution in [3.05, 3.63) is 53.3 Å². The topological polar surface area (TPSA) is 58.6 Å². The lowest BCUT2D eigenvalue weighted by atomic mass is 10.1. The van der Waals surface area contributed by atoms with Gasteiger partial charge in [0.2, 0.25) is 0 Å². The van der Waals surface area contributed by atoms with Crippen molar-refractivity contribution in [1.29, 1.82) is 0 Å². The summed E-state index contributed by atoms with van der Waals surface area (Å²) in [5, 5.41) is -0.234. The normalized spacial score (nSPS) is 15.9. The largest absolute Gasteiger partial charge is 0.381 e. The molecule has 1 aliphatic rings. The summed E-state index contributed by atoms with van der Waals surface area (Å²) in [5.74, 6) is -0.660. The third kappa shape index (κ3) is 4.28. The van der Waals surface area contributed by atoms with E-state index in [2.05, 4.69) is 9.62 Å². The Kier molecular flexibility index (Phi) is 5.70. The Hall–Kier alpha value is -1.83. The molecule has 5 nitrogen and oxygen atoms in total. The van der Waals surface area contributed by atoms with Gasteiger partial charge in [-0.15, -0.1) is 0 Å². The first-order valence-corrected chi connectivity index (χ1v) is 10.1. The molecule has 0 atom stereocenters. The molecular formula is C18H20ClFN2O3S. The minimum Gasteiger partial charge on any atom is -0.381 e.